The van der Waals surface area contributed by atoms with Crippen LogP contribution >= 0.6 is 0 Å². The van der Waals surface area contributed by atoms with Gasteiger partial charge in [-0.25, -0.2) is 4.39 Å². The highest BCUT2D eigenvalue weighted by atomic mass is 19.1. The van der Waals surface area contributed by atoms with E-state index in [1.54, 1.807) is 7.05 Å². The van der Waals surface area contributed by atoms with E-state index in [-0.39, 0.29) is 11.2 Å². The van der Waals surface area contributed by atoms with Gasteiger partial charge in [-0.1, -0.05) is 26.0 Å². The number of hydrogen-bond acceptors (Lipinski definition) is 2. The summed E-state index contributed by atoms with van der Waals surface area (Å²) >= 11 is 0. The SMILES string of the molecule is CN=C(NCCCn1nc(C)cc1C)NCC(C)(C)c1ccc(F)cc1. The minimum Gasteiger partial charge on any atom is -0.356 e. The van der Waals surface area contributed by atoms with Crippen molar-refractivity contribution in [3.05, 3.63) is 53.1 Å². The molecule has 142 valence electrons. The molecule has 0 aliphatic heterocycles. The molecule has 0 atom stereocenters. The summed E-state index contributed by atoms with van der Waals surface area (Å²) in [6, 6.07) is 8.76. The van der Waals surface area contributed by atoms with Crippen LogP contribution in [0.2, 0.25) is 0 Å². The fourth-order valence-electron chi connectivity index (χ4n) is 2.87. The Bertz CT molecular complexity index is 731. The van der Waals surface area contributed by atoms with Crippen LogP contribution in [0, 0.1) is 19.7 Å². The molecule has 26 heavy (non-hydrogen) atoms. The third-order valence-electron chi connectivity index (χ3n) is 4.49. The van der Waals surface area contributed by atoms with E-state index in [9.17, 15) is 4.39 Å². The lowest BCUT2D eigenvalue weighted by Gasteiger charge is -2.26. The Hall–Kier alpha value is -2.37. The molecule has 1 aromatic heterocycles. The number of nitrogens with zero attached hydrogens (tertiary/aromatic N) is 3. The van der Waals surface area contributed by atoms with E-state index in [4.69, 9.17) is 0 Å². The van der Waals surface area contributed by atoms with E-state index in [1.807, 2.05) is 23.7 Å². The largest absolute Gasteiger partial charge is 0.356 e. The fourth-order valence-corrected chi connectivity index (χ4v) is 2.87. The van der Waals surface area contributed by atoms with Crippen molar-refractivity contribution in [3.8, 4) is 0 Å². The predicted molar refractivity (Wildman–Crippen MR) is 105 cm³/mol. The van der Waals surface area contributed by atoms with Crippen molar-refractivity contribution >= 4 is 5.96 Å². The first kappa shape index (κ1) is 19.9. The van der Waals surface area contributed by atoms with Crippen LogP contribution in [-0.4, -0.2) is 35.9 Å². The maximum absolute atomic E-state index is 13.1. The van der Waals surface area contributed by atoms with E-state index in [2.05, 4.69) is 47.6 Å². The summed E-state index contributed by atoms with van der Waals surface area (Å²) in [5.41, 5.74) is 3.20. The average Bonchev–Trinajstić information content (AvgIpc) is 2.92. The first-order valence-electron chi connectivity index (χ1n) is 9.03. The molecule has 1 heterocycles. The van der Waals surface area contributed by atoms with E-state index in [0.717, 1.165) is 36.7 Å². The Morgan fingerprint density at radius 2 is 1.88 bits per heavy atom. The van der Waals surface area contributed by atoms with Gasteiger partial charge < -0.3 is 10.6 Å². The average molecular weight is 359 g/mol. The molecule has 0 unspecified atom stereocenters. The molecule has 0 saturated heterocycles. The molecule has 0 amide bonds. The third-order valence-corrected chi connectivity index (χ3v) is 4.49. The molecule has 2 N–H and O–H groups in total. The number of rotatable bonds is 7. The van der Waals surface area contributed by atoms with Crippen LogP contribution in [0.5, 0.6) is 0 Å². The molecule has 0 aliphatic rings. The highest BCUT2D eigenvalue weighted by molar-refractivity contribution is 5.79. The molecule has 1 aromatic carbocycles. The van der Waals surface area contributed by atoms with Crippen LogP contribution in [0.25, 0.3) is 0 Å². The Morgan fingerprint density at radius 1 is 1.19 bits per heavy atom. The summed E-state index contributed by atoms with van der Waals surface area (Å²) < 4.78 is 15.1. The molecule has 0 fully saturated rings. The van der Waals surface area contributed by atoms with Crippen LogP contribution in [0.15, 0.2) is 35.3 Å². The lowest BCUT2D eigenvalue weighted by molar-refractivity contribution is 0.504. The van der Waals surface area contributed by atoms with Gasteiger partial charge in [0.15, 0.2) is 5.96 Å². The molecule has 0 bridgehead atoms. The number of hydrogen-bond donors (Lipinski definition) is 2. The molecule has 2 aromatic rings. The van der Waals surface area contributed by atoms with Gasteiger partial charge in [0.2, 0.25) is 0 Å². The van der Waals surface area contributed by atoms with E-state index >= 15 is 0 Å². The van der Waals surface area contributed by atoms with Gasteiger partial charge in [0.05, 0.1) is 5.69 Å². The summed E-state index contributed by atoms with van der Waals surface area (Å²) in [6.07, 6.45) is 0.962. The fraction of sp³-hybridized carbons (Fsp3) is 0.500. The van der Waals surface area contributed by atoms with Gasteiger partial charge in [0, 0.05) is 37.8 Å². The monoisotopic (exact) mass is 359 g/mol. The zero-order valence-electron chi connectivity index (χ0n) is 16.4. The predicted octanol–water partition coefficient (Wildman–Crippen LogP) is 3.17. The normalized spacial score (nSPS) is 12.3. The first-order valence-corrected chi connectivity index (χ1v) is 9.03. The Kier molecular flexibility index (Phi) is 6.77. The number of benzene rings is 1. The van der Waals surface area contributed by atoms with Crippen LogP contribution in [0.1, 0.15) is 37.2 Å². The molecule has 2 rings (SSSR count). The highest BCUT2D eigenvalue weighted by Crippen LogP contribution is 2.22. The van der Waals surface area contributed by atoms with Gasteiger partial charge in [-0.3, -0.25) is 9.67 Å². The van der Waals surface area contributed by atoms with Gasteiger partial charge in [-0.15, -0.1) is 0 Å². The van der Waals surface area contributed by atoms with Crippen LogP contribution in [-0.2, 0) is 12.0 Å². The molecular formula is C20H30FN5. The lowest BCUT2D eigenvalue weighted by Crippen LogP contribution is -2.43. The van der Waals surface area contributed by atoms with Gasteiger partial charge in [0.25, 0.3) is 0 Å². The first-order chi connectivity index (χ1) is 12.3. The smallest absolute Gasteiger partial charge is 0.191 e. The number of guanidine groups is 1. The van der Waals surface area contributed by atoms with Crippen molar-refractivity contribution < 1.29 is 4.39 Å². The number of aliphatic imine (C=N–C) groups is 1. The molecule has 0 aliphatic carbocycles. The summed E-state index contributed by atoms with van der Waals surface area (Å²) in [6.45, 7) is 10.7. The van der Waals surface area contributed by atoms with Gasteiger partial charge in [-0.2, -0.15) is 5.10 Å². The third kappa shape index (κ3) is 5.58. The van der Waals surface area contributed by atoms with Gasteiger partial charge in [0.1, 0.15) is 5.82 Å². The van der Waals surface area contributed by atoms with Crippen molar-refractivity contribution in [1.29, 1.82) is 0 Å². The van der Waals surface area contributed by atoms with Crippen molar-refractivity contribution in [1.82, 2.24) is 20.4 Å². The number of aryl methyl sites for hydroxylation is 3. The lowest BCUT2D eigenvalue weighted by atomic mass is 9.84. The Balaban J connectivity index is 1.78. The zero-order chi connectivity index (χ0) is 19.2. The maximum atomic E-state index is 13.1. The molecule has 0 spiro atoms. The van der Waals surface area contributed by atoms with E-state index in [0.29, 0.717) is 6.54 Å². The summed E-state index contributed by atoms with van der Waals surface area (Å²) in [7, 11) is 1.77. The second-order valence-corrected chi connectivity index (χ2v) is 7.25. The number of aromatic nitrogens is 2. The Labute approximate surface area is 155 Å². The molecule has 0 saturated carbocycles. The summed E-state index contributed by atoms with van der Waals surface area (Å²) in [5, 5.41) is 11.2. The van der Waals surface area contributed by atoms with E-state index < -0.39 is 0 Å². The van der Waals surface area contributed by atoms with Crippen molar-refractivity contribution in [2.75, 3.05) is 20.1 Å². The minimum atomic E-state index is -0.211. The molecular weight excluding hydrogens is 329 g/mol. The van der Waals surface area contributed by atoms with Crippen molar-refractivity contribution in [3.63, 3.8) is 0 Å². The van der Waals surface area contributed by atoms with E-state index in [1.165, 1.54) is 17.8 Å². The summed E-state index contributed by atoms with van der Waals surface area (Å²) in [5.74, 6) is 0.561. The number of halogens is 1. The second-order valence-electron chi connectivity index (χ2n) is 7.25. The molecule has 6 heteroatoms. The van der Waals surface area contributed by atoms with Crippen molar-refractivity contribution in [2.45, 2.75) is 46.1 Å². The standard InChI is InChI=1S/C20H30FN5/c1-15-13-16(2)26(25-15)12-6-11-23-19(22-5)24-14-20(3,4)17-7-9-18(21)10-8-17/h7-10,13H,6,11-12,14H2,1-5H3,(H2,22,23,24). The summed E-state index contributed by atoms with van der Waals surface area (Å²) in [4.78, 5) is 4.28. The van der Waals surface area contributed by atoms with Crippen LogP contribution in [0.3, 0.4) is 0 Å². The number of nitrogens with one attached hydrogen (secondary N) is 2. The highest BCUT2D eigenvalue weighted by Gasteiger charge is 2.20. The zero-order valence-corrected chi connectivity index (χ0v) is 16.4. The quantitative estimate of drug-likeness (QED) is 0.454. The minimum absolute atomic E-state index is 0.130. The topological polar surface area (TPSA) is 54.2 Å². The van der Waals surface area contributed by atoms with Gasteiger partial charge in [-0.05, 0) is 44.0 Å². The second kappa shape index (κ2) is 8.83. The van der Waals surface area contributed by atoms with Gasteiger partial charge >= 0.3 is 0 Å². The Morgan fingerprint density at radius 3 is 2.46 bits per heavy atom. The maximum Gasteiger partial charge on any atom is 0.191 e. The van der Waals surface area contributed by atoms with Crippen molar-refractivity contribution in [2.24, 2.45) is 4.99 Å². The van der Waals surface area contributed by atoms with Crippen LogP contribution < -0.4 is 10.6 Å². The molecule has 0 radical (unpaired) electrons. The van der Waals surface area contributed by atoms with Crippen LogP contribution in [0.4, 0.5) is 4.39 Å². The molecule has 5 nitrogen and oxygen atoms in total.